The summed E-state index contributed by atoms with van der Waals surface area (Å²) in [5.74, 6) is -13.9. The van der Waals surface area contributed by atoms with Crippen molar-refractivity contribution in [3.8, 4) is 5.75 Å². The second-order valence-corrected chi connectivity index (χ2v) is 10.3. The van der Waals surface area contributed by atoms with Gasteiger partial charge in [0.15, 0.2) is 40.4 Å². The van der Waals surface area contributed by atoms with Crippen LogP contribution in [0.25, 0.3) is 0 Å². The average Bonchev–Trinajstić information content (AvgIpc) is 3.01. The fourth-order valence-corrected chi connectivity index (χ4v) is 6.54. The summed E-state index contributed by atoms with van der Waals surface area (Å²) in [4.78, 5) is 79.1. The maximum absolute atomic E-state index is 15.7. The molecule has 6 atom stereocenters. The molecule has 2 amide bonds. The minimum Gasteiger partial charge on any atom is -0.505 e. The molecule has 37 heavy (non-hydrogen) atoms. The number of rotatable bonds is 2. The number of fused-ring (bicyclic) bond motifs is 4. The van der Waals surface area contributed by atoms with Gasteiger partial charge < -0.3 is 26.6 Å². The van der Waals surface area contributed by atoms with E-state index >= 15 is 4.39 Å². The lowest BCUT2D eigenvalue weighted by Gasteiger charge is -2.52. The highest BCUT2D eigenvalue weighted by Crippen LogP contribution is 2.52. The Morgan fingerprint density at radius 1 is 1.11 bits per heavy atom. The first-order valence-electron chi connectivity index (χ1n) is 11.7. The third-order valence-electron chi connectivity index (χ3n) is 8.11. The first-order valence-corrected chi connectivity index (χ1v) is 11.7. The van der Waals surface area contributed by atoms with Gasteiger partial charge in [0.05, 0.1) is 29.8 Å². The zero-order chi connectivity index (χ0) is 27.1. The largest absolute Gasteiger partial charge is 0.505 e. The Morgan fingerprint density at radius 3 is 2.41 bits per heavy atom. The number of carbonyl (C=O) groups excluding carboxylic acids is 6. The SMILES string of the molecule is CN(C)[C@@H]1C(=O)C(C(N)=O)C(=O)[C@@]2(O)C(=O)C3C(=O)c4c(O)c5c(c(F)c4C[C@H]3C[C@@H]12)CNCC(=O)N5. The summed E-state index contributed by atoms with van der Waals surface area (Å²) in [6, 6.07) is -1.24. The second-order valence-electron chi connectivity index (χ2n) is 10.3. The van der Waals surface area contributed by atoms with E-state index in [0.717, 1.165) is 0 Å². The molecule has 1 heterocycles. The molecule has 1 aromatic rings. The first kappa shape index (κ1) is 25.1. The van der Waals surface area contributed by atoms with Crippen LogP contribution in [0.5, 0.6) is 5.75 Å². The minimum atomic E-state index is -2.87. The average molecular weight is 516 g/mol. The van der Waals surface area contributed by atoms with Gasteiger partial charge in [-0.2, -0.15) is 0 Å². The monoisotopic (exact) mass is 516 g/mol. The fraction of sp³-hybridized carbons (Fsp3) is 0.500. The lowest BCUT2D eigenvalue weighted by Crippen LogP contribution is -2.74. The highest BCUT2D eigenvalue weighted by Gasteiger charge is 2.69. The molecular weight excluding hydrogens is 491 g/mol. The van der Waals surface area contributed by atoms with Crippen LogP contribution in [-0.2, 0) is 36.9 Å². The van der Waals surface area contributed by atoms with Crippen LogP contribution in [0.4, 0.5) is 10.1 Å². The number of anilines is 1. The number of phenols is 1. The van der Waals surface area contributed by atoms with Crippen LogP contribution < -0.4 is 16.4 Å². The molecule has 13 heteroatoms. The predicted octanol–water partition coefficient (Wildman–Crippen LogP) is -1.95. The standard InChI is InChI=1S/C24H25FN4O8/c1-29(2)17-10-4-7-3-8-13(19(32)16-9(15(8)25)5-27-6-11(30)28-16)18(31)12(7)21(34)24(10,37)22(35)14(20(17)33)23(26)36/h7,10,12,14,17,27,32,37H,3-6H2,1-2H3,(H2,26,36)(H,28,30)/t7-,10-,12?,14?,17-,24-/m0/s1. The van der Waals surface area contributed by atoms with Gasteiger partial charge in [0.2, 0.25) is 11.8 Å². The number of carbonyl (C=O) groups is 6. The number of primary amides is 1. The number of aliphatic hydroxyl groups is 1. The Balaban J connectivity index is 1.67. The first-order chi connectivity index (χ1) is 17.3. The number of hydrogen-bond acceptors (Lipinski definition) is 10. The summed E-state index contributed by atoms with van der Waals surface area (Å²) in [7, 11) is 2.95. The summed E-state index contributed by atoms with van der Waals surface area (Å²) in [5.41, 5.74) is 1.41. The van der Waals surface area contributed by atoms with Gasteiger partial charge in [0.25, 0.3) is 0 Å². The van der Waals surface area contributed by atoms with Gasteiger partial charge in [0.1, 0.15) is 5.82 Å². The number of benzene rings is 1. The second kappa shape index (κ2) is 8.23. The van der Waals surface area contributed by atoms with Crippen molar-refractivity contribution < 1.29 is 43.4 Å². The van der Waals surface area contributed by atoms with Gasteiger partial charge in [-0.1, -0.05) is 0 Å². The van der Waals surface area contributed by atoms with Crippen LogP contribution in [0.3, 0.4) is 0 Å². The maximum atomic E-state index is 15.7. The van der Waals surface area contributed by atoms with Crippen molar-refractivity contribution in [2.75, 3.05) is 26.0 Å². The Bertz CT molecular complexity index is 1330. The molecule has 1 aromatic carbocycles. The number of nitrogens with zero attached hydrogens (tertiary/aromatic N) is 1. The highest BCUT2D eigenvalue weighted by atomic mass is 19.1. The van der Waals surface area contributed by atoms with Crippen molar-refractivity contribution >= 4 is 40.6 Å². The molecule has 4 aliphatic rings. The summed E-state index contributed by atoms with van der Waals surface area (Å²) in [6.07, 6.45) is -0.386. The summed E-state index contributed by atoms with van der Waals surface area (Å²) < 4.78 is 15.7. The molecule has 2 saturated carbocycles. The molecule has 0 saturated heterocycles. The Kier molecular flexibility index (Phi) is 5.59. The predicted molar refractivity (Wildman–Crippen MR) is 122 cm³/mol. The number of ketones is 4. The van der Waals surface area contributed by atoms with Crippen molar-refractivity contribution in [1.82, 2.24) is 10.2 Å². The minimum absolute atomic E-state index is 0.0505. The number of halogens is 1. The van der Waals surface area contributed by atoms with E-state index in [0.29, 0.717) is 0 Å². The zero-order valence-electron chi connectivity index (χ0n) is 20.0. The maximum Gasteiger partial charge on any atom is 0.238 e. The van der Waals surface area contributed by atoms with E-state index in [1.807, 2.05) is 0 Å². The summed E-state index contributed by atoms with van der Waals surface area (Å²) in [6.45, 7) is -0.266. The third kappa shape index (κ3) is 3.23. The van der Waals surface area contributed by atoms with Gasteiger partial charge in [-0.15, -0.1) is 0 Å². The van der Waals surface area contributed by atoms with E-state index in [2.05, 4.69) is 10.6 Å². The van der Waals surface area contributed by atoms with Crippen LogP contribution in [0.15, 0.2) is 0 Å². The molecule has 0 bridgehead atoms. The van der Waals surface area contributed by atoms with Gasteiger partial charge in [-0.3, -0.25) is 33.7 Å². The molecule has 3 aliphatic carbocycles. The number of phenolic OH excluding ortho intramolecular Hbond substituents is 1. The van der Waals surface area contributed by atoms with E-state index in [1.54, 1.807) is 0 Å². The molecular formula is C24H25FN4O8. The van der Waals surface area contributed by atoms with Crippen LogP contribution in [0.1, 0.15) is 27.9 Å². The zero-order valence-corrected chi connectivity index (χ0v) is 20.0. The molecule has 6 N–H and O–H groups in total. The summed E-state index contributed by atoms with van der Waals surface area (Å²) >= 11 is 0. The van der Waals surface area contributed by atoms with Crippen molar-refractivity contribution in [3.63, 3.8) is 0 Å². The van der Waals surface area contributed by atoms with Crippen LogP contribution >= 0.6 is 0 Å². The Labute approximate surface area is 209 Å². The van der Waals surface area contributed by atoms with Gasteiger partial charge in [-0.05, 0) is 32.9 Å². The lowest BCUT2D eigenvalue weighted by molar-refractivity contribution is -0.181. The van der Waals surface area contributed by atoms with Crippen molar-refractivity contribution in [2.24, 2.45) is 29.4 Å². The van der Waals surface area contributed by atoms with E-state index in [9.17, 15) is 39.0 Å². The molecule has 5 rings (SSSR count). The van der Waals surface area contributed by atoms with Crippen molar-refractivity contribution in [3.05, 3.63) is 22.5 Å². The van der Waals surface area contributed by atoms with Gasteiger partial charge in [-0.25, -0.2) is 4.39 Å². The summed E-state index contributed by atoms with van der Waals surface area (Å²) in [5, 5.41) is 27.6. The quantitative estimate of drug-likeness (QED) is 0.218. The third-order valence-corrected chi connectivity index (χ3v) is 8.11. The number of nitrogens with one attached hydrogen (secondary N) is 2. The number of Topliss-reactive ketones (excluding diaryl/α,β-unsaturated/α-hetero) is 4. The molecule has 12 nitrogen and oxygen atoms in total. The Hall–Kier alpha value is -3.55. The molecule has 2 fully saturated rings. The molecule has 1 aliphatic heterocycles. The number of amides is 2. The van der Waals surface area contributed by atoms with Crippen LogP contribution in [-0.4, -0.2) is 82.3 Å². The van der Waals surface area contributed by atoms with E-state index in [1.165, 1.54) is 19.0 Å². The Morgan fingerprint density at radius 2 is 1.78 bits per heavy atom. The van der Waals surface area contributed by atoms with Crippen LogP contribution in [0.2, 0.25) is 0 Å². The molecule has 0 spiro atoms. The molecule has 2 unspecified atom stereocenters. The normalized spacial score (nSPS) is 33.2. The molecule has 196 valence electrons. The number of hydrogen-bond donors (Lipinski definition) is 5. The molecule has 0 radical (unpaired) electrons. The van der Waals surface area contributed by atoms with Gasteiger partial charge in [0, 0.05) is 23.6 Å². The van der Waals surface area contributed by atoms with E-state index in [-0.39, 0.29) is 42.7 Å². The number of likely N-dealkylation sites (N-methyl/N-ethyl adjacent to an activating group) is 1. The van der Waals surface area contributed by atoms with Crippen LogP contribution in [0, 0.1) is 29.5 Å². The number of nitrogens with two attached hydrogens (primary N) is 1. The van der Waals surface area contributed by atoms with Crippen molar-refractivity contribution in [2.45, 2.75) is 31.0 Å². The smallest absolute Gasteiger partial charge is 0.238 e. The van der Waals surface area contributed by atoms with E-state index < -0.39 is 87.4 Å². The lowest BCUT2D eigenvalue weighted by atomic mass is 9.52. The topological polar surface area (TPSA) is 196 Å². The van der Waals surface area contributed by atoms with Gasteiger partial charge >= 0.3 is 0 Å². The van der Waals surface area contributed by atoms with Crippen molar-refractivity contribution in [1.29, 1.82) is 0 Å². The highest BCUT2D eigenvalue weighted by molar-refractivity contribution is 6.32. The van der Waals surface area contributed by atoms with E-state index in [4.69, 9.17) is 5.73 Å². The molecule has 0 aromatic heterocycles. The number of aromatic hydroxyl groups is 1. The fourth-order valence-electron chi connectivity index (χ4n) is 6.54.